The van der Waals surface area contributed by atoms with Gasteiger partial charge in [0.25, 0.3) is 0 Å². The Balaban J connectivity index is 2.33. The number of hydrogen-bond acceptors (Lipinski definition) is 2. The first-order valence-corrected chi connectivity index (χ1v) is 6.31. The number of nitrogens with two attached hydrogens (primary N) is 1. The van der Waals surface area contributed by atoms with Crippen LogP contribution in [0.2, 0.25) is 5.02 Å². The van der Waals surface area contributed by atoms with Gasteiger partial charge in [0.2, 0.25) is 0 Å². The van der Waals surface area contributed by atoms with Gasteiger partial charge in [-0.1, -0.05) is 35.5 Å². The summed E-state index contributed by atoms with van der Waals surface area (Å²) in [5.74, 6) is -0.269. The van der Waals surface area contributed by atoms with Gasteiger partial charge < -0.3 is 5.73 Å². The fraction of sp³-hybridized carbons (Fsp3) is 0.0769. The van der Waals surface area contributed by atoms with Gasteiger partial charge in [0, 0.05) is 16.3 Å². The highest BCUT2D eigenvalue weighted by Crippen LogP contribution is 2.35. The van der Waals surface area contributed by atoms with Crippen LogP contribution in [0, 0.1) is 5.82 Å². The first kappa shape index (κ1) is 12.4. The monoisotopic (exact) mass is 267 g/mol. The van der Waals surface area contributed by atoms with E-state index in [1.807, 2.05) is 24.3 Å². The third-order valence-corrected chi connectivity index (χ3v) is 3.93. The molecule has 2 N–H and O–H groups in total. The lowest BCUT2D eigenvalue weighted by molar-refractivity contribution is 0.623. The molecule has 17 heavy (non-hydrogen) atoms. The maximum absolute atomic E-state index is 13.1. The predicted molar refractivity (Wildman–Crippen MR) is 69.9 cm³/mol. The van der Waals surface area contributed by atoms with Crippen molar-refractivity contribution < 1.29 is 4.39 Å². The molecule has 0 unspecified atom stereocenters. The minimum atomic E-state index is -0.269. The van der Waals surface area contributed by atoms with Crippen molar-refractivity contribution >= 4 is 23.4 Å². The van der Waals surface area contributed by atoms with E-state index < -0.39 is 0 Å². The first-order valence-electron chi connectivity index (χ1n) is 5.11. The van der Waals surface area contributed by atoms with Crippen LogP contribution in [0.5, 0.6) is 0 Å². The minimum Gasteiger partial charge on any atom is -0.326 e. The zero-order valence-electron chi connectivity index (χ0n) is 8.99. The molecule has 1 nitrogen and oxygen atoms in total. The summed E-state index contributed by atoms with van der Waals surface area (Å²) < 4.78 is 13.1. The molecule has 0 bridgehead atoms. The van der Waals surface area contributed by atoms with E-state index in [-0.39, 0.29) is 5.82 Å². The molecule has 0 saturated carbocycles. The van der Waals surface area contributed by atoms with E-state index in [9.17, 15) is 4.39 Å². The van der Waals surface area contributed by atoms with Crippen molar-refractivity contribution in [2.75, 3.05) is 0 Å². The van der Waals surface area contributed by atoms with Crippen molar-refractivity contribution in [3.05, 3.63) is 58.9 Å². The van der Waals surface area contributed by atoms with E-state index >= 15 is 0 Å². The maximum atomic E-state index is 13.1. The van der Waals surface area contributed by atoms with Crippen molar-refractivity contribution in [3.63, 3.8) is 0 Å². The quantitative estimate of drug-likeness (QED) is 0.906. The Bertz CT molecular complexity index is 531. The average Bonchev–Trinajstić information content (AvgIpc) is 2.34. The zero-order valence-corrected chi connectivity index (χ0v) is 10.6. The first-order chi connectivity index (χ1) is 8.20. The lowest BCUT2D eigenvalue weighted by atomic mass is 10.2. The van der Waals surface area contributed by atoms with Gasteiger partial charge in [-0.05, 0) is 35.9 Å². The van der Waals surface area contributed by atoms with E-state index in [4.69, 9.17) is 17.3 Å². The molecule has 0 aliphatic rings. The van der Waals surface area contributed by atoms with Crippen molar-refractivity contribution in [3.8, 4) is 0 Å². The molecular formula is C13H11ClFNS. The lowest BCUT2D eigenvalue weighted by Crippen LogP contribution is -1.99. The van der Waals surface area contributed by atoms with Gasteiger partial charge in [-0.25, -0.2) is 4.39 Å². The van der Waals surface area contributed by atoms with Gasteiger partial charge in [-0.3, -0.25) is 0 Å². The molecular weight excluding hydrogens is 257 g/mol. The minimum absolute atomic E-state index is 0.269. The van der Waals surface area contributed by atoms with Gasteiger partial charge in [-0.2, -0.15) is 0 Å². The van der Waals surface area contributed by atoms with Crippen LogP contribution in [0.25, 0.3) is 0 Å². The second-order valence-corrected chi connectivity index (χ2v) is 4.98. The Hall–Kier alpha value is -1.03. The molecule has 0 fully saturated rings. The molecule has 0 aliphatic heterocycles. The van der Waals surface area contributed by atoms with Crippen LogP contribution < -0.4 is 5.73 Å². The SMILES string of the molecule is NCc1cc(F)ccc1Sc1ccccc1Cl. The molecule has 0 amide bonds. The fourth-order valence-corrected chi connectivity index (χ4v) is 2.66. The molecule has 2 aromatic carbocycles. The summed E-state index contributed by atoms with van der Waals surface area (Å²) in [6.45, 7) is 0.310. The van der Waals surface area contributed by atoms with Crippen molar-refractivity contribution in [1.82, 2.24) is 0 Å². The van der Waals surface area contributed by atoms with Gasteiger partial charge in [-0.15, -0.1) is 0 Å². The van der Waals surface area contributed by atoms with Crippen molar-refractivity contribution in [1.29, 1.82) is 0 Å². The summed E-state index contributed by atoms with van der Waals surface area (Å²) in [5, 5.41) is 0.685. The van der Waals surface area contributed by atoms with Crippen molar-refractivity contribution in [2.45, 2.75) is 16.3 Å². The largest absolute Gasteiger partial charge is 0.326 e. The Morgan fingerprint density at radius 1 is 1.12 bits per heavy atom. The third kappa shape index (κ3) is 3.00. The van der Waals surface area contributed by atoms with Crippen molar-refractivity contribution in [2.24, 2.45) is 5.73 Å². The summed E-state index contributed by atoms with van der Waals surface area (Å²) >= 11 is 7.57. The lowest BCUT2D eigenvalue weighted by Gasteiger charge is -2.08. The summed E-state index contributed by atoms with van der Waals surface area (Å²) in [6.07, 6.45) is 0. The van der Waals surface area contributed by atoms with E-state index in [1.165, 1.54) is 23.9 Å². The summed E-state index contributed by atoms with van der Waals surface area (Å²) in [7, 11) is 0. The third-order valence-electron chi connectivity index (χ3n) is 2.30. The number of hydrogen-bond donors (Lipinski definition) is 1. The van der Waals surface area contributed by atoms with Crippen LogP contribution in [-0.2, 0) is 6.54 Å². The fourth-order valence-electron chi connectivity index (χ4n) is 1.45. The summed E-state index contributed by atoms with van der Waals surface area (Å²) in [6, 6.07) is 12.2. The van der Waals surface area contributed by atoms with E-state index in [0.717, 1.165) is 15.4 Å². The molecule has 0 aliphatic carbocycles. The molecule has 0 spiro atoms. The number of halogens is 2. The van der Waals surface area contributed by atoms with Crippen LogP contribution in [-0.4, -0.2) is 0 Å². The predicted octanol–water partition coefficient (Wildman–Crippen LogP) is 4.09. The van der Waals surface area contributed by atoms with Crippen LogP contribution in [0.15, 0.2) is 52.3 Å². The van der Waals surface area contributed by atoms with Crippen LogP contribution >= 0.6 is 23.4 Å². The van der Waals surface area contributed by atoms with Gasteiger partial charge in [0.1, 0.15) is 5.82 Å². The highest BCUT2D eigenvalue weighted by atomic mass is 35.5. The molecule has 2 rings (SSSR count). The molecule has 0 radical (unpaired) electrons. The highest BCUT2D eigenvalue weighted by Gasteiger charge is 2.07. The number of benzene rings is 2. The van der Waals surface area contributed by atoms with Gasteiger partial charge in [0.05, 0.1) is 5.02 Å². The second-order valence-electron chi connectivity index (χ2n) is 3.49. The van der Waals surface area contributed by atoms with E-state index in [1.54, 1.807) is 6.07 Å². The molecule has 4 heteroatoms. The molecule has 0 aromatic heterocycles. The van der Waals surface area contributed by atoms with Crippen LogP contribution in [0.4, 0.5) is 4.39 Å². The van der Waals surface area contributed by atoms with Crippen LogP contribution in [0.1, 0.15) is 5.56 Å². The van der Waals surface area contributed by atoms with Gasteiger partial charge in [0.15, 0.2) is 0 Å². The highest BCUT2D eigenvalue weighted by molar-refractivity contribution is 7.99. The second kappa shape index (κ2) is 5.54. The van der Waals surface area contributed by atoms with E-state index in [0.29, 0.717) is 11.6 Å². The Labute approximate surface area is 109 Å². The number of rotatable bonds is 3. The standard InChI is InChI=1S/C13H11ClFNS/c14-11-3-1-2-4-13(11)17-12-6-5-10(15)7-9(12)8-16/h1-7H,8,16H2. The molecule has 0 saturated heterocycles. The van der Waals surface area contributed by atoms with Crippen LogP contribution in [0.3, 0.4) is 0 Å². The van der Waals surface area contributed by atoms with Gasteiger partial charge >= 0.3 is 0 Å². The summed E-state index contributed by atoms with van der Waals surface area (Å²) in [4.78, 5) is 1.87. The van der Waals surface area contributed by atoms with E-state index in [2.05, 4.69) is 0 Å². The maximum Gasteiger partial charge on any atom is 0.123 e. The molecule has 88 valence electrons. The molecule has 0 heterocycles. The zero-order chi connectivity index (χ0) is 12.3. The average molecular weight is 268 g/mol. The Kier molecular flexibility index (Phi) is 4.05. The molecule has 0 atom stereocenters. The topological polar surface area (TPSA) is 26.0 Å². The summed E-state index contributed by atoms with van der Waals surface area (Å²) in [5.41, 5.74) is 6.39. The normalized spacial score (nSPS) is 10.5. The Morgan fingerprint density at radius 3 is 2.59 bits per heavy atom. The Morgan fingerprint density at radius 2 is 1.88 bits per heavy atom. The smallest absolute Gasteiger partial charge is 0.123 e. The molecule has 2 aromatic rings.